The minimum Gasteiger partial charge on any atom is -0.389 e. The molecule has 1 heterocycles. The van der Waals surface area contributed by atoms with Crippen molar-refractivity contribution in [1.82, 2.24) is 4.90 Å². The van der Waals surface area contributed by atoms with Gasteiger partial charge in [0.1, 0.15) is 0 Å². The highest BCUT2D eigenvalue weighted by atomic mass is 16.3. The molecule has 4 nitrogen and oxygen atoms in total. The molecule has 1 aliphatic heterocycles. The molecular formula is C17H26N2O2. The maximum atomic E-state index is 12.4. The Kier molecular flexibility index (Phi) is 5.01. The zero-order valence-electron chi connectivity index (χ0n) is 13.3. The molecule has 0 saturated carbocycles. The van der Waals surface area contributed by atoms with Crippen molar-refractivity contribution in [2.45, 2.75) is 39.2 Å². The van der Waals surface area contributed by atoms with Crippen molar-refractivity contribution in [3.05, 3.63) is 29.8 Å². The maximum absolute atomic E-state index is 12.4. The van der Waals surface area contributed by atoms with Gasteiger partial charge in [-0.25, -0.2) is 0 Å². The number of aliphatic hydroxyl groups is 1. The lowest BCUT2D eigenvalue weighted by Crippen LogP contribution is -2.40. The number of hydrogen-bond donors (Lipinski definition) is 1. The van der Waals surface area contributed by atoms with Crippen LogP contribution in [-0.2, 0) is 11.2 Å². The molecule has 1 aliphatic rings. The lowest BCUT2D eigenvalue weighted by Gasteiger charge is -2.28. The van der Waals surface area contributed by atoms with Crippen LogP contribution in [-0.4, -0.2) is 47.7 Å². The van der Waals surface area contributed by atoms with E-state index in [0.29, 0.717) is 19.5 Å². The Labute approximate surface area is 127 Å². The molecule has 0 aromatic heterocycles. The van der Waals surface area contributed by atoms with Gasteiger partial charge in [0.25, 0.3) is 0 Å². The number of carbonyl (C=O) groups is 1. The molecule has 1 amide bonds. The van der Waals surface area contributed by atoms with E-state index in [-0.39, 0.29) is 5.91 Å². The van der Waals surface area contributed by atoms with E-state index in [9.17, 15) is 9.90 Å². The average molecular weight is 290 g/mol. The summed E-state index contributed by atoms with van der Waals surface area (Å²) in [5.41, 5.74) is 1.60. The number of benzene rings is 1. The number of rotatable bonds is 6. The second-order valence-corrected chi connectivity index (χ2v) is 6.36. The standard InChI is InChI=1S/C17H26N2O2/c1-4-18(13-17(2,3)21)11-10-16(20)19-12-9-14-7-5-6-8-15(14)19/h5-8,21H,4,9-13H2,1-3H3. The Morgan fingerprint density at radius 2 is 2.10 bits per heavy atom. The monoisotopic (exact) mass is 290 g/mol. The molecule has 0 radical (unpaired) electrons. The van der Waals surface area contributed by atoms with Crippen LogP contribution in [0.2, 0.25) is 0 Å². The number of hydrogen-bond acceptors (Lipinski definition) is 3. The predicted molar refractivity (Wildman–Crippen MR) is 85.5 cm³/mol. The molecule has 0 bridgehead atoms. The SMILES string of the molecule is CCN(CCC(=O)N1CCc2ccccc21)CC(C)(C)O. The van der Waals surface area contributed by atoms with Gasteiger partial charge in [-0.2, -0.15) is 0 Å². The third-order valence-corrected chi connectivity index (χ3v) is 3.89. The Hall–Kier alpha value is -1.39. The first kappa shape index (κ1) is 16.0. The van der Waals surface area contributed by atoms with Crippen LogP contribution in [0.15, 0.2) is 24.3 Å². The molecule has 21 heavy (non-hydrogen) atoms. The number of nitrogens with zero attached hydrogens (tertiary/aromatic N) is 2. The fourth-order valence-corrected chi connectivity index (χ4v) is 2.88. The smallest absolute Gasteiger partial charge is 0.228 e. The first-order valence-corrected chi connectivity index (χ1v) is 7.73. The first-order valence-electron chi connectivity index (χ1n) is 7.73. The third-order valence-electron chi connectivity index (χ3n) is 3.89. The van der Waals surface area contributed by atoms with Crippen molar-refractivity contribution in [3.63, 3.8) is 0 Å². The normalized spacial score (nSPS) is 14.6. The largest absolute Gasteiger partial charge is 0.389 e. The van der Waals surface area contributed by atoms with E-state index < -0.39 is 5.60 Å². The van der Waals surface area contributed by atoms with E-state index in [0.717, 1.165) is 25.2 Å². The molecule has 0 fully saturated rings. The maximum Gasteiger partial charge on any atom is 0.228 e. The molecule has 0 unspecified atom stereocenters. The van der Waals surface area contributed by atoms with Crippen molar-refractivity contribution >= 4 is 11.6 Å². The fraction of sp³-hybridized carbons (Fsp3) is 0.588. The third kappa shape index (κ3) is 4.29. The molecule has 0 saturated heterocycles. The highest BCUT2D eigenvalue weighted by Crippen LogP contribution is 2.27. The summed E-state index contributed by atoms with van der Waals surface area (Å²) in [6.45, 7) is 8.57. The predicted octanol–water partition coefficient (Wildman–Crippen LogP) is 2.06. The molecule has 0 spiro atoms. The molecule has 2 rings (SSSR count). The molecule has 1 N–H and O–H groups in total. The van der Waals surface area contributed by atoms with Gasteiger partial charge in [0.15, 0.2) is 0 Å². The molecule has 0 aliphatic carbocycles. The van der Waals surface area contributed by atoms with Crippen LogP contribution in [0.4, 0.5) is 5.69 Å². The average Bonchev–Trinajstić information content (AvgIpc) is 2.85. The number of para-hydroxylation sites is 1. The number of amides is 1. The van der Waals surface area contributed by atoms with Crippen molar-refractivity contribution in [2.75, 3.05) is 31.1 Å². The van der Waals surface area contributed by atoms with Gasteiger partial charge in [-0.05, 0) is 38.4 Å². The number of carbonyl (C=O) groups excluding carboxylic acids is 1. The summed E-state index contributed by atoms with van der Waals surface area (Å²) in [5, 5.41) is 9.89. The quantitative estimate of drug-likeness (QED) is 0.872. The highest BCUT2D eigenvalue weighted by Gasteiger charge is 2.24. The number of fused-ring (bicyclic) bond motifs is 1. The summed E-state index contributed by atoms with van der Waals surface area (Å²) in [7, 11) is 0. The van der Waals surface area contributed by atoms with Gasteiger partial charge in [0.05, 0.1) is 5.60 Å². The van der Waals surface area contributed by atoms with Gasteiger partial charge in [0, 0.05) is 31.7 Å². The minimum atomic E-state index is -0.723. The second-order valence-electron chi connectivity index (χ2n) is 6.36. The van der Waals surface area contributed by atoms with Crippen LogP contribution >= 0.6 is 0 Å². The van der Waals surface area contributed by atoms with Gasteiger partial charge in [-0.15, -0.1) is 0 Å². The van der Waals surface area contributed by atoms with Crippen LogP contribution < -0.4 is 4.90 Å². The van der Waals surface area contributed by atoms with Crippen LogP contribution in [0.1, 0.15) is 32.8 Å². The Morgan fingerprint density at radius 3 is 2.76 bits per heavy atom. The van der Waals surface area contributed by atoms with E-state index in [1.54, 1.807) is 13.8 Å². The van der Waals surface area contributed by atoms with Crippen molar-refractivity contribution in [2.24, 2.45) is 0 Å². The van der Waals surface area contributed by atoms with Gasteiger partial charge in [-0.3, -0.25) is 4.79 Å². The van der Waals surface area contributed by atoms with Gasteiger partial charge < -0.3 is 14.9 Å². The van der Waals surface area contributed by atoms with Crippen LogP contribution in [0, 0.1) is 0 Å². The molecule has 4 heteroatoms. The molecule has 0 atom stereocenters. The van der Waals surface area contributed by atoms with Crippen molar-refractivity contribution < 1.29 is 9.90 Å². The summed E-state index contributed by atoms with van der Waals surface area (Å²) in [5.74, 6) is 0.175. The number of likely N-dealkylation sites (N-methyl/N-ethyl adjacent to an activating group) is 1. The van der Waals surface area contributed by atoms with Crippen LogP contribution in [0.3, 0.4) is 0 Å². The lowest BCUT2D eigenvalue weighted by atomic mass is 10.1. The topological polar surface area (TPSA) is 43.8 Å². The van der Waals surface area contributed by atoms with Gasteiger partial charge in [0.2, 0.25) is 5.91 Å². The van der Waals surface area contributed by atoms with Crippen molar-refractivity contribution in [1.29, 1.82) is 0 Å². The van der Waals surface area contributed by atoms with E-state index in [1.165, 1.54) is 5.56 Å². The van der Waals surface area contributed by atoms with Gasteiger partial charge in [-0.1, -0.05) is 25.1 Å². The molecule has 1 aromatic rings. The summed E-state index contributed by atoms with van der Waals surface area (Å²) in [4.78, 5) is 16.5. The van der Waals surface area contributed by atoms with E-state index in [4.69, 9.17) is 0 Å². The number of anilines is 1. The summed E-state index contributed by atoms with van der Waals surface area (Å²) < 4.78 is 0. The summed E-state index contributed by atoms with van der Waals surface area (Å²) in [6.07, 6.45) is 1.45. The Morgan fingerprint density at radius 1 is 1.38 bits per heavy atom. The van der Waals surface area contributed by atoms with E-state index in [1.807, 2.05) is 23.1 Å². The Bertz CT molecular complexity index is 494. The molecular weight excluding hydrogens is 264 g/mol. The lowest BCUT2D eigenvalue weighted by molar-refractivity contribution is -0.119. The fourth-order valence-electron chi connectivity index (χ4n) is 2.88. The first-order chi connectivity index (χ1) is 9.90. The van der Waals surface area contributed by atoms with E-state index in [2.05, 4.69) is 17.9 Å². The van der Waals surface area contributed by atoms with Gasteiger partial charge >= 0.3 is 0 Å². The minimum absolute atomic E-state index is 0.175. The highest BCUT2D eigenvalue weighted by molar-refractivity contribution is 5.95. The second kappa shape index (κ2) is 6.58. The summed E-state index contributed by atoms with van der Waals surface area (Å²) in [6, 6.07) is 8.12. The zero-order chi connectivity index (χ0) is 15.5. The molecule has 1 aromatic carbocycles. The molecule has 116 valence electrons. The van der Waals surface area contributed by atoms with Crippen LogP contribution in [0.25, 0.3) is 0 Å². The zero-order valence-corrected chi connectivity index (χ0v) is 13.3. The van der Waals surface area contributed by atoms with Crippen molar-refractivity contribution in [3.8, 4) is 0 Å². The van der Waals surface area contributed by atoms with Crippen LogP contribution in [0.5, 0.6) is 0 Å². The Balaban J connectivity index is 1.91. The summed E-state index contributed by atoms with van der Waals surface area (Å²) >= 11 is 0. The van der Waals surface area contributed by atoms with E-state index >= 15 is 0 Å².